The molecule has 7 rings (SSSR count). The Balaban J connectivity index is 1.68. The highest BCUT2D eigenvalue weighted by Gasteiger charge is 2.81. The minimum atomic E-state index is -1.30. The average molecular weight is 465 g/mol. The number of hydrogen-bond donors (Lipinski definition) is 1. The molecule has 3 heterocycles. The van der Waals surface area contributed by atoms with Gasteiger partial charge in [0.1, 0.15) is 28.9 Å². The summed E-state index contributed by atoms with van der Waals surface area (Å²) in [6.07, 6.45) is 4.53. The molecule has 6 nitrogen and oxygen atoms in total. The summed E-state index contributed by atoms with van der Waals surface area (Å²) in [6, 6.07) is 1.53. The summed E-state index contributed by atoms with van der Waals surface area (Å²) in [5, 5.41) is 10.9. The van der Waals surface area contributed by atoms with Gasteiger partial charge >= 0.3 is 0 Å². The number of carbonyl (C=O) groups excluding carboxylic acids is 2. The third kappa shape index (κ3) is 2.22. The van der Waals surface area contributed by atoms with Crippen LogP contribution in [0.25, 0.3) is 0 Å². The van der Waals surface area contributed by atoms with Crippen molar-refractivity contribution in [3.63, 3.8) is 0 Å². The van der Waals surface area contributed by atoms with Crippen LogP contribution in [0.1, 0.15) is 77.2 Å². The smallest absolute Gasteiger partial charge is 0.200 e. The van der Waals surface area contributed by atoms with Crippen molar-refractivity contribution in [2.75, 3.05) is 0 Å². The lowest BCUT2D eigenvalue weighted by Crippen LogP contribution is -2.72. The second kappa shape index (κ2) is 6.14. The number of Topliss-reactive ketones (excluding diaryl/α,β-unsaturated/α-hetero) is 2. The van der Waals surface area contributed by atoms with Gasteiger partial charge in [-0.15, -0.1) is 0 Å². The maximum atomic E-state index is 14.1. The number of ether oxygens (including phenoxy) is 3. The number of phenolic OH excluding ortho intramolecular Hbond substituents is 1. The molecule has 3 aliphatic carbocycles. The van der Waals surface area contributed by atoms with Crippen LogP contribution in [-0.4, -0.2) is 39.6 Å². The van der Waals surface area contributed by atoms with Gasteiger partial charge in [-0.2, -0.15) is 0 Å². The number of benzene rings is 1. The van der Waals surface area contributed by atoms with Crippen LogP contribution in [-0.2, 0) is 14.9 Å². The number of carbonyl (C=O) groups is 2. The average Bonchev–Trinajstić information content (AvgIpc) is 3.05. The quantitative estimate of drug-likeness (QED) is 0.633. The molecule has 1 aromatic carbocycles. The largest absolute Gasteiger partial charge is 0.507 e. The van der Waals surface area contributed by atoms with Crippen LogP contribution < -0.4 is 9.47 Å². The van der Waals surface area contributed by atoms with E-state index in [1.54, 1.807) is 6.08 Å². The zero-order chi connectivity index (χ0) is 24.6. The number of ketones is 2. The molecule has 3 aliphatic heterocycles. The number of rotatable bonds is 2. The molecule has 0 amide bonds. The van der Waals surface area contributed by atoms with Gasteiger partial charge in [0.2, 0.25) is 0 Å². The number of allylic oxidation sites excluding steroid dienone is 2. The summed E-state index contributed by atoms with van der Waals surface area (Å²) in [6.45, 7) is 14.0. The summed E-state index contributed by atoms with van der Waals surface area (Å²) in [5.41, 5.74) is -1.22. The highest BCUT2D eigenvalue weighted by molar-refractivity contribution is 6.18. The van der Waals surface area contributed by atoms with Crippen molar-refractivity contribution >= 4 is 11.6 Å². The summed E-state index contributed by atoms with van der Waals surface area (Å²) >= 11 is 0. The van der Waals surface area contributed by atoms with Crippen molar-refractivity contribution in [3.05, 3.63) is 40.5 Å². The van der Waals surface area contributed by atoms with Gasteiger partial charge in [-0.1, -0.05) is 31.6 Å². The number of fused-ring (bicyclic) bond motifs is 3. The van der Waals surface area contributed by atoms with E-state index in [2.05, 4.69) is 13.8 Å². The zero-order valence-corrected chi connectivity index (χ0v) is 20.9. The van der Waals surface area contributed by atoms with Crippen molar-refractivity contribution in [1.82, 2.24) is 0 Å². The number of phenols is 1. The first-order valence-electron chi connectivity index (χ1n) is 12.2. The van der Waals surface area contributed by atoms with E-state index in [0.717, 1.165) is 11.1 Å². The fourth-order valence-electron chi connectivity index (χ4n) is 7.16. The van der Waals surface area contributed by atoms with Gasteiger partial charge in [0.15, 0.2) is 22.8 Å². The van der Waals surface area contributed by atoms with E-state index in [-0.39, 0.29) is 34.9 Å². The molecule has 2 fully saturated rings. The Morgan fingerprint density at radius 3 is 2.59 bits per heavy atom. The Morgan fingerprint density at radius 1 is 1.21 bits per heavy atom. The van der Waals surface area contributed by atoms with Crippen LogP contribution >= 0.6 is 0 Å². The lowest BCUT2D eigenvalue weighted by molar-refractivity contribution is -0.171. The molecule has 1 saturated heterocycles. The zero-order valence-electron chi connectivity index (χ0n) is 20.9. The molecule has 4 bridgehead atoms. The Morgan fingerprint density at radius 2 is 1.91 bits per heavy atom. The number of hydrogen-bond acceptors (Lipinski definition) is 6. The molecule has 4 unspecified atom stereocenters. The molecule has 1 saturated carbocycles. The molecule has 1 aromatic rings. The van der Waals surface area contributed by atoms with Gasteiger partial charge in [0, 0.05) is 40.9 Å². The van der Waals surface area contributed by atoms with Gasteiger partial charge < -0.3 is 19.3 Å². The van der Waals surface area contributed by atoms with Crippen molar-refractivity contribution in [1.29, 1.82) is 0 Å². The topological polar surface area (TPSA) is 82.1 Å². The highest BCUT2D eigenvalue weighted by Crippen LogP contribution is 2.69. The molecule has 34 heavy (non-hydrogen) atoms. The lowest BCUT2D eigenvalue weighted by Gasteiger charge is -2.56. The highest BCUT2D eigenvalue weighted by atomic mass is 16.6. The van der Waals surface area contributed by atoms with E-state index >= 15 is 0 Å². The first-order chi connectivity index (χ1) is 15.8. The fraction of sp³-hybridized carbons (Fsp3) is 0.571. The van der Waals surface area contributed by atoms with E-state index in [4.69, 9.17) is 14.2 Å². The van der Waals surface area contributed by atoms with Crippen LogP contribution in [0.15, 0.2) is 29.4 Å². The number of aromatic hydroxyl groups is 1. The van der Waals surface area contributed by atoms with Crippen LogP contribution in [0.4, 0.5) is 0 Å². The predicted molar refractivity (Wildman–Crippen MR) is 126 cm³/mol. The normalized spacial score (nSPS) is 37.3. The van der Waals surface area contributed by atoms with Crippen molar-refractivity contribution in [2.45, 2.75) is 89.6 Å². The molecule has 0 aromatic heterocycles. The minimum Gasteiger partial charge on any atom is -0.507 e. The molecular weight excluding hydrogens is 432 g/mol. The molecule has 1 spiro atoms. The first-order valence-corrected chi connectivity index (χ1v) is 12.2. The van der Waals surface area contributed by atoms with Crippen LogP contribution in [0.5, 0.6) is 17.2 Å². The van der Waals surface area contributed by atoms with Crippen molar-refractivity contribution in [2.24, 2.45) is 11.8 Å². The van der Waals surface area contributed by atoms with Crippen molar-refractivity contribution < 1.29 is 28.9 Å². The molecule has 0 radical (unpaired) electrons. The lowest BCUT2D eigenvalue weighted by atomic mass is 9.51. The maximum Gasteiger partial charge on any atom is 0.200 e. The molecular formula is C28H32O6. The standard InChI is InChI=1S/C28H32O6/c1-13(2)8-9-27-24(31)15-10-16-22(30)20-17(29)12-18-21(25(4,5)14(3)32-18)23(20)33-28(16,27)19(11-15)26(6,7)34-27/h8,10,12,14-15,19,29H,9,11H2,1-7H3/t14-,15?,19?,27?,28?/m0/s1. The Hall–Kier alpha value is -2.60. The molecule has 6 heteroatoms. The third-order valence-electron chi connectivity index (χ3n) is 9.08. The fourth-order valence-corrected chi connectivity index (χ4v) is 7.16. The second-order valence-electron chi connectivity index (χ2n) is 12.0. The van der Waals surface area contributed by atoms with Gasteiger partial charge in [-0.3, -0.25) is 9.59 Å². The first kappa shape index (κ1) is 21.9. The van der Waals surface area contributed by atoms with Gasteiger partial charge in [0.05, 0.1) is 5.60 Å². The summed E-state index contributed by atoms with van der Waals surface area (Å²) < 4.78 is 19.8. The molecule has 6 aliphatic rings. The Kier molecular flexibility index (Phi) is 3.96. The molecule has 5 atom stereocenters. The van der Waals surface area contributed by atoms with E-state index in [0.29, 0.717) is 29.9 Å². The van der Waals surface area contributed by atoms with Crippen LogP contribution in [0.3, 0.4) is 0 Å². The third-order valence-corrected chi connectivity index (χ3v) is 9.08. The summed E-state index contributed by atoms with van der Waals surface area (Å²) in [4.78, 5) is 28.1. The second-order valence-corrected chi connectivity index (χ2v) is 12.0. The van der Waals surface area contributed by atoms with Gasteiger partial charge in [-0.05, 0) is 41.0 Å². The van der Waals surface area contributed by atoms with E-state index < -0.39 is 28.1 Å². The summed E-state index contributed by atoms with van der Waals surface area (Å²) in [5.74, 6) is -0.182. The van der Waals surface area contributed by atoms with E-state index in [1.165, 1.54) is 6.07 Å². The van der Waals surface area contributed by atoms with E-state index in [9.17, 15) is 14.7 Å². The maximum absolute atomic E-state index is 14.1. The van der Waals surface area contributed by atoms with Crippen molar-refractivity contribution in [3.8, 4) is 17.2 Å². The SMILES string of the molecule is CC(C)=CCC12OC(C)(C)C3CC(C=C4C(=O)c5c(O)cc6c(c5OC431)C(C)(C)[C@H](C)O6)C2=O. The van der Waals surface area contributed by atoms with Gasteiger partial charge in [0.25, 0.3) is 0 Å². The monoisotopic (exact) mass is 464 g/mol. The van der Waals surface area contributed by atoms with Crippen LogP contribution in [0.2, 0.25) is 0 Å². The predicted octanol–water partition coefficient (Wildman–Crippen LogP) is 4.81. The molecule has 180 valence electrons. The van der Waals surface area contributed by atoms with Gasteiger partial charge in [-0.25, -0.2) is 0 Å². The van der Waals surface area contributed by atoms with E-state index in [1.807, 2.05) is 40.7 Å². The minimum absolute atomic E-state index is 0.0208. The Labute approximate surface area is 200 Å². The molecule has 1 N–H and O–H groups in total. The summed E-state index contributed by atoms with van der Waals surface area (Å²) in [7, 11) is 0. The Bertz CT molecular complexity index is 1250. The van der Waals surface area contributed by atoms with Crippen LogP contribution in [0, 0.1) is 11.8 Å².